The molecule has 0 heterocycles. The Bertz CT molecular complexity index is 1260. The molecular weight excluding hydrogens is 419 g/mol. The van der Waals surface area contributed by atoms with E-state index in [4.69, 9.17) is 0 Å². The fourth-order valence-corrected chi connectivity index (χ4v) is 3.60. The van der Waals surface area contributed by atoms with E-state index in [-0.39, 0.29) is 11.1 Å². The normalized spacial score (nSPS) is 14.4. The molecule has 0 N–H and O–H groups in total. The van der Waals surface area contributed by atoms with Gasteiger partial charge in [0, 0.05) is 16.7 Å². The van der Waals surface area contributed by atoms with Crippen molar-refractivity contribution in [2.24, 2.45) is 4.99 Å². The minimum Gasteiger partial charge on any atom is -0.465 e. The molecule has 1 aliphatic rings. The molecule has 32 heavy (non-hydrogen) atoms. The first-order valence-corrected chi connectivity index (χ1v) is 9.58. The summed E-state index contributed by atoms with van der Waals surface area (Å²) in [6, 6.07) is 18.5. The molecule has 0 bridgehead atoms. The third-order valence-corrected chi connectivity index (χ3v) is 5.11. The fraction of sp³-hybridized carbons (Fsp3) is 0.0800. The summed E-state index contributed by atoms with van der Waals surface area (Å²) >= 11 is 0. The molecule has 0 amide bonds. The third kappa shape index (κ3) is 3.85. The number of nitrogens with zero attached hydrogens (tertiary/aromatic N) is 1. The second kappa shape index (κ2) is 8.26. The number of ether oxygens (including phenoxy) is 1. The molecule has 0 unspecified atom stereocenters. The van der Waals surface area contributed by atoms with Crippen LogP contribution in [-0.4, -0.2) is 25.1 Å². The molecule has 4 rings (SSSR count). The van der Waals surface area contributed by atoms with Gasteiger partial charge in [0.1, 0.15) is 0 Å². The zero-order chi connectivity index (χ0) is 22.9. The monoisotopic (exact) mass is 435 g/mol. The summed E-state index contributed by atoms with van der Waals surface area (Å²) in [7, 11) is 1.28. The Balaban J connectivity index is 1.92. The van der Waals surface area contributed by atoms with Crippen LogP contribution in [0, 0.1) is 0 Å². The highest BCUT2D eigenvalue weighted by molar-refractivity contribution is 6.48. The van der Waals surface area contributed by atoms with Gasteiger partial charge in [0.25, 0.3) is 0 Å². The molecule has 1 aliphatic carbocycles. The highest BCUT2D eigenvalue weighted by atomic mass is 19.4. The van der Waals surface area contributed by atoms with E-state index >= 15 is 0 Å². The van der Waals surface area contributed by atoms with Crippen LogP contribution in [0.2, 0.25) is 0 Å². The number of benzene rings is 3. The van der Waals surface area contributed by atoms with Crippen LogP contribution in [-0.2, 0) is 15.7 Å². The predicted octanol–water partition coefficient (Wildman–Crippen LogP) is 5.74. The van der Waals surface area contributed by atoms with E-state index in [1.165, 1.54) is 13.2 Å². The summed E-state index contributed by atoms with van der Waals surface area (Å²) in [5.41, 5.74) is 2.21. The van der Waals surface area contributed by atoms with Crippen molar-refractivity contribution in [3.63, 3.8) is 0 Å². The van der Waals surface area contributed by atoms with Crippen LogP contribution in [0.5, 0.6) is 0 Å². The zero-order valence-electron chi connectivity index (χ0n) is 16.8. The number of methoxy groups -OCH3 is 1. The number of alkyl halides is 3. The third-order valence-electron chi connectivity index (χ3n) is 5.11. The predicted molar refractivity (Wildman–Crippen MR) is 115 cm³/mol. The molecule has 4 nitrogen and oxygen atoms in total. The SMILES string of the molecule is COC(=O)c1ccc(/N=C2/C(c3ccccc3)=C(C=O)c3cc(C(F)(F)F)ccc32)cc1. The molecule has 0 radical (unpaired) electrons. The molecule has 0 atom stereocenters. The van der Waals surface area contributed by atoms with Crippen LogP contribution in [0.1, 0.15) is 32.6 Å². The lowest BCUT2D eigenvalue weighted by atomic mass is 9.99. The Morgan fingerprint density at radius 2 is 1.62 bits per heavy atom. The first kappa shape index (κ1) is 21.2. The van der Waals surface area contributed by atoms with Crippen molar-refractivity contribution in [1.29, 1.82) is 0 Å². The quantitative estimate of drug-likeness (QED) is 0.388. The number of hydrogen-bond acceptors (Lipinski definition) is 4. The number of carbonyl (C=O) groups excluding carboxylic acids is 2. The lowest BCUT2D eigenvalue weighted by Gasteiger charge is -2.10. The van der Waals surface area contributed by atoms with E-state index < -0.39 is 17.7 Å². The number of aldehydes is 1. The number of rotatable bonds is 4. The maximum Gasteiger partial charge on any atom is 0.416 e. The molecular formula is C25H16F3NO3. The Labute approximate surface area is 181 Å². The van der Waals surface area contributed by atoms with Gasteiger partial charge in [-0.3, -0.25) is 4.79 Å². The Morgan fingerprint density at radius 3 is 2.22 bits per heavy atom. The Kier molecular flexibility index (Phi) is 5.48. The number of aliphatic imine (C=N–C) groups is 1. The number of allylic oxidation sites excluding steroid dienone is 2. The standard InChI is InChI=1S/C25H16F3NO3/c1-32-24(31)16-7-10-18(11-8-16)29-23-19-12-9-17(25(26,27)28)13-20(19)21(14-30)22(23)15-5-3-2-4-6-15/h2-14H,1H3/b29-23+. The van der Waals surface area contributed by atoms with E-state index in [0.29, 0.717) is 39.9 Å². The van der Waals surface area contributed by atoms with Crippen molar-refractivity contribution in [2.45, 2.75) is 6.18 Å². The Morgan fingerprint density at radius 1 is 0.938 bits per heavy atom. The van der Waals surface area contributed by atoms with Crippen LogP contribution in [0.3, 0.4) is 0 Å². The largest absolute Gasteiger partial charge is 0.465 e. The van der Waals surface area contributed by atoms with Gasteiger partial charge in [-0.05, 0) is 47.5 Å². The van der Waals surface area contributed by atoms with Crippen molar-refractivity contribution in [3.8, 4) is 0 Å². The van der Waals surface area contributed by atoms with Gasteiger partial charge in [-0.2, -0.15) is 13.2 Å². The maximum absolute atomic E-state index is 13.3. The summed E-state index contributed by atoms with van der Waals surface area (Å²) in [6.07, 6.45) is -3.98. The summed E-state index contributed by atoms with van der Waals surface area (Å²) in [4.78, 5) is 28.3. The van der Waals surface area contributed by atoms with E-state index in [2.05, 4.69) is 9.73 Å². The van der Waals surface area contributed by atoms with E-state index in [0.717, 1.165) is 12.1 Å². The smallest absolute Gasteiger partial charge is 0.416 e. The Hall–Kier alpha value is -4.00. The summed E-state index contributed by atoms with van der Waals surface area (Å²) in [5.74, 6) is -0.497. The minimum absolute atomic E-state index is 0.141. The average molecular weight is 435 g/mol. The highest BCUT2D eigenvalue weighted by Gasteiger charge is 2.35. The molecule has 0 saturated heterocycles. The van der Waals surface area contributed by atoms with Crippen LogP contribution < -0.4 is 0 Å². The fourth-order valence-electron chi connectivity index (χ4n) is 3.60. The number of carbonyl (C=O) groups is 2. The number of fused-ring (bicyclic) bond motifs is 1. The van der Waals surface area contributed by atoms with E-state index in [9.17, 15) is 22.8 Å². The maximum atomic E-state index is 13.3. The van der Waals surface area contributed by atoms with Crippen molar-refractivity contribution in [2.75, 3.05) is 7.11 Å². The van der Waals surface area contributed by atoms with Gasteiger partial charge in [-0.1, -0.05) is 36.4 Å². The minimum atomic E-state index is -4.54. The summed E-state index contributed by atoms with van der Waals surface area (Å²) < 4.78 is 44.6. The second-order valence-electron chi connectivity index (χ2n) is 7.03. The molecule has 0 saturated carbocycles. The molecule has 0 aliphatic heterocycles. The first-order valence-electron chi connectivity index (χ1n) is 9.58. The van der Waals surface area contributed by atoms with E-state index in [1.807, 2.05) is 0 Å². The molecule has 3 aromatic carbocycles. The average Bonchev–Trinajstić information content (AvgIpc) is 3.11. The van der Waals surface area contributed by atoms with Gasteiger partial charge in [0.15, 0.2) is 6.29 Å². The van der Waals surface area contributed by atoms with Gasteiger partial charge in [-0.15, -0.1) is 0 Å². The highest BCUT2D eigenvalue weighted by Crippen LogP contribution is 2.41. The molecule has 0 spiro atoms. The van der Waals surface area contributed by atoms with Crippen LogP contribution in [0.25, 0.3) is 11.1 Å². The topological polar surface area (TPSA) is 55.7 Å². The molecule has 160 valence electrons. The summed E-state index contributed by atoms with van der Waals surface area (Å²) in [6.45, 7) is 0. The van der Waals surface area contributed by atoms with Crippen molar-refractivity contribution in [3.05, 3.63) is 101 Å². The van der Waals surface area contributed by atoms with Crippen molar-refractivity contribution >= 4 is 34.8 Å². The van der Waals surface area contributed by atoms with Gasteiger partial charge in [0.2, 0.25) is 0 Å². The number of hydrogen-bond donors (Lipinski definition) is 0. The van der Waals surface area contributed by atoms with Crippen molar-refractivity contribution < 1.29 is 27.5 Å². The zero-order valence-corrected chi connectivity index (χ0v) is 16.8. The van der Waals surface area contributed by atoms with Crippen LogP contribution in [0.4, 0.5) is 18.9 Å². The lowest BCUT2D eigenvalue weighted by molar-refractivity contribution is -0.137. The number of halogens is 3. The first-order chi connectivity index (χ1) is 15.3. The van der Waals surface area contributed by atoms with Gasteiger partial charge >= 0.3 is 12.1 Å². The van der Waals surface area contributed by atoms with Crippen LogP contribution in [0.15, 0.2) is 77.8 Å². The second-order valence-corrected chi connectivity index (χ2v) is 7.03. The molecule has 7 heteroatoms. The summed E-state index contributed by atoms with van der Waals surface area (Å²) in [5, 5.41) is 0. The number of esters is 1. The van der Waals surface area contributed by atoms with Gasteiger partial charge in [-0.25, -0.2) is 9.79 Å². The molecule has 0 aromatic heterocycles. The van der Waals surface area contributed by atoms with E-state index in [1.54, 1.807) is 54.6 Å². The lowest BCUT2D eigenvalue weighted by Crippen LogP contribution is -2.07. The van der Waals surface area contributed by atoms with Crippen molar-refractivity contribution in [1.82, 2.24) is 0 Å². The van der Waals surface area contributed by atoms with Gasteiger partial charge in [0.05, 0.1) is 29.6 Å². The molecule has 0 fully saturated rings. The van der Waals surface area contributed by atoms with Gasteiger partial charge < -0.3 is 4.74 Å². The molecule has 3 aromatic rings. The van der Waals surface area contributed by atoms with Crippen LogP contribution >= 0.6 is 0 Å².